The van der Waals surface area contributed by atoms with Crippen molar-refractivity contribution in [2.45, 2.75) is 13.5 Å². The third-order valence-electron chi connectivity index (χ3n) is 6.49. The Labute approximate surface area is 202 Å². The van der Waals surface area contributed by atoms with Gasteiger partial charge in [0.1, 0.15) is 11.0 Å². The number of fused-ring (bicyclic) bond motifs is 2. The molecule has 0 radical (unpaired) electrons. The maximum absolute atomic E-state index is 4.95. The first kappa shape index (κ1) is 21.6. The van der Waals surface area contributed by atoms with Gasteiger partial charge in [-0.15, -0.1) is 0 Å². The second kappa shape index (κ2) is 9.05. The summed E-state index contributed by atoms with van der Waals surface area (Å²) in [7, 11) is 2.15. The number of piperazine rings is 1. The number of hydrogen-bond acceptors (Lipinski definition) is 8. The molecular weight excluding hydrogens is 440 g/mol. The number of anilines is 1. The molecule has 10 nitrogen and oxygen atoms in total. The molecule has 6 rings (SSSR count). The number of H-pyrrole nitrogens is 2. The number of imidazole rings is 1. The van der Waals surface area contributed by atoms with Crippen LogP contribution < -0.4 is 10.2 Å². The second-order valence-corrected chi connectivity index (χ2v) is 8.93. The van der Waals surface area contributed by atoms with Gasteiger partial charge in [-0.1, -0.05) is 6.92 Å². The molecule has 1 fully saturated rings. The Morgan fingerprint density at radius 1 is 1.00 bits per heavy atom. The number of pyridine rings is 3. The summed E-state index contributed by atoms with van der Waals surface area (Å²) in [6, 6.07) is 8.08. The molecule has 1 aliphatic heterocycles. The SMILES string of the molecule is CCNCc1cncc(-c2ccc3[nH]nc(-c4nc5c(N6CCN(C)CC6)nccc5[nH]4)c3n2)c1. The van der Waals surface area contributed by atoms with E-state index in [0.717, 1.165) is 84.0 Å². The van der Waals surface area contributed by atoms with E-state index in [0.29, 0.717) is 11.5 Å². The van der Waals surface area contributed by atoms with E-state index in [1.165, 1.54) is 0 Å². The molecule has 5 aromatic rings. The lowest BCUT2D eigenvalue weighted by Gasteiger charge is -2.33. The van der Waals surface area contributed by atoms with Gasteiger partial charge in [-0.25, -0.2) is 15.0 Å². The average molecular weight is 469 g/mol. The number of aromatic amines is 2. The maximum Gasteiger partial charge on any atom is 0.161 e. The smallest absolute Gasteiger partial charge is 0.161 e. The molecule has 178 valence electrons. The van der Waals surface area contributed by atoms with Crippen LogP contribution in [0.2, 0.25) is 0 Å². The third kappa shape index (κ3) is 4.11. The highest BCUT2D eigenvalue weighted by molar-refractivity contribution is 5.93. The Bertz CT molecular complexity index is 1480. The molecular formula is C25H28N10. The minimum atomic E-state index is 0.679. The number of aromatic nitrogens is 7. The zero-order chi connectivity index (χ0) is 23.8. The van der Waals surface area contributed by atoms with E-state index in [1.54, 1.807) is 0 Å². The Kier molecular flexibility index (Phi) is 5.59. The number of nitrogens with zero attached hydrogens (tertiary/aromatic N) is 7. The minimum absolute atomic E-state index is 0.679. The highest BCUT2D eigenvalue weighted by Crippen LogP contribution is 2.30. The molecule has 0 unspecified atom stereocenters. The molecule has 3 N–H and O–H groups in total. The van der Waals surface area contributed by atoms with E-state index in [1.807, 2.05) is 36.8 Å². The summed E-state index contributed by atoms with van der Waals surface area (Å²) >= 11 is 0. The van der Waals surface area contributed by atoms with Crippen molar-refractivity contribution in [2.24, 2.45) is 0 Å². The van der Waals surface area contributed by atoms with Crippen LogP contribution in [0.3, 0.4) is 0 Å². The summed E-state index contributed by atoms with van der Waals surface area (Å²) in [4.78, 5) is 27.0. The van der Waals surface area contributed by atoms with Gasteiger partial charge in [0.15, 0.2) is 17.3 Å². The van der Waals surface area contributed by atoms with E-state index in [-0.39, 0.29) is 0 Å². The van der Waals surface area contributed by atoms with Crippen LogP contribution in [0.5, 0.6) is 0 Å². The fraction of sp³-hybridized carbons (Fsp3) is 0.320. The molecule has 1 saturated heterocycles. The van der Waals surface area contributed by atoms with Crippen molar-refractivity contribution in [3.63, 3.8) is 0 Å². The quantitative estimate of drug-likeness (QED) is 0.349. The van der Waals surface area contributed by atoms with Crippen LogP contribution in [0.4, 0.5) is 5.82 Å². The van der Waals surface area contributed by atoms with Gasteiger partial charge in [0.25, 0.3) is 0 Å². The Hall–Kier alpha value is -3.89. The van der Waals surface area contributed by atoms with E-state index < -0.39 is 0 Å². The molecule has 0 spiro atoms. The topological polar surface area (TPSA) is 115 Å². The van der Waals surface area contributed by atoms with Crippen molar-refractivity contribution >= 4 is 27.9 Å². The first-order chi connectivity index (χ1) is 17.2. The van der Waals surface area contributed by atoms with Crippen LogP contribution in [0, 0.1) is 0 Å². The van der Waals surface area contributed by atoms with Gasteiger partial charge >= 0.3 is 0 Å². The van der Waals surface area contributed by atoms with Crippen molar-refractivity contribution in [3.05, 3.63) is 48.4 Å². The van der Waals surface area contributed by atoms with Crippen LogP contribution in [-0.4, -0.2) is 79.8 Å². The number of likely N-dealkylation sites (N-methyl/N-ethyl adjacent to an activating group) is 1. The van der Waals surface area contributed by atoms with Crippen molar-refractivity contribution in [3.8, 4) is 22.8 Å². The van der Waals surface area contributed by atoms with Gasteiger partial charge < -0.3 is 20.1 Å². The fourth-order valence-corrected chi connectivity index (χ4v) is 4.50. The molecule has 0 aliphatic carbocycles. The molecule has 0 saturated carbocycles. The lowest BCUT2D eigenvalue weighted by Crippen LogP contribution is -2.44. The summed E-state index contributed by atoms with van der Waals surface area (Å²) in [6.07, 6.45) is 5.57. The Morgan fingerprint density at radius 2 is 1.89 bits per heavy atom. The van der Waals surface area contributed by atoms with Crippen molar-refractivity contribution < 1.29 is 0 Å². The predicted molar refractivity (Wildman–Crippen MR) is 137 cm³/mol. The summed E-state index contributed by atoms with van der Waals surface area (Å²) in [6.45, 7) is 7.67. The van der Waals surface area contributed by atoms with E-state index in [2.05, 4.69) is 60.3 Å². The zero-order valence-electron chi connectivity index (χ0n) is 19.9. The Morgan fingerprint density at radius 3 is 2.74 bits per heavy atom. The molecule has 0 amide bonds. The first-order valence-electron chi connectivity index (χ1n) is 12.0. The van der Waals surface area contributed by atoms with Gasteiger partial charge in [0.05, 0.1) is 16.7 Å². The van der Waals surface area contributed by atoms with Gasteiger partial charge in [0, 0.05) is 56.9 Å². The predicted octanol–water partition coefficient (Wildman–Crippen LogP) is 2.82. The number of nitrogens with one attached hydrogen (secondary N) is 3. The highest BCUT2D eigenvalue weighted by atomic mass is 15.3. The van der Waals surface area contributed by atoms with Gasteiger partial charge in [-0.3, -0.25) is 10.1 Å². The van der Waals surface area contributed by atoms with Crippen LogP contribution in [0.15, 0.2) is 42.9 Å². The van der Waals surface area contributed by atoms with Crippen molar-refractivity contribution in [2.75, 3.05) is 44.7 Å². The summed E-state index contributed by atoms with van der Waals surface area (Å²) in [5, 5.41) is 11.0. The maximum atomic E-state index is 4.95. The number of rotatable bonds is 6. The fourth-order valence-electron chi connectivity index (χ4n) is 4.50. The first-order valence-corrected chi connectivity index (χ1v) is 12.0. The van der Waals surface area contributed by atoms with Gasteiger partial charge in [0.2, 0.25) is 0 Å². The molecule has 0 aromatic carbocycles. The molecule has 6 heterocycles. The van der Waals surface area contributed by atoms with Crippen molar-refractivity contribution in [1.82, 2.24) is 45.3 Å². The summed E-state index contributed by atoms with van der Waals surface area (Å²) in [5.41, 5.74) is 7.07. The van der Waals surface area contributed by atoms with E-state index in [4.69, 9.17) is 9.97 Å². The number of hydrogen-bond donors (Lipinski definition) is 3. The van der Waals surface area contributed by atoms with Crippen LogP contribution >= 0.6 is 0 Å². The monoisotopic (exact) mass is 468 g/mol. The minimum Gasteiger partial charge on any atom is -0.352 e. The molecule has 35 heavy (non-hydrogen) atoms. The summed E-state index contributed by atoms with van der Waals surface area (Å²) < 4.78 is 0. The molecule has 5 aromatic heterocycles. The van der Waals surface area contributed by atoms with Crippen LogP contribution in [0.25, 0.3) is 44.8 Å². The lowest BCUT2D eigenvalue weighted by molar-refractivity contribution is 0.312. The van der Waals surface area contributed by atoms with Crippen LogP contribution in [0.1, 0.15) is 12.5 Å². The normalized spacial score (nSPS) is 14.9. The highest BCUT2D eigenvalue weighted by Gasteiger charge is 2.21. The molecule has 0 bridgehead atoms. The van der Waals surface area contributed by atoms with E-state index >= 15 is 0 Å². The molecule has 10 heteroatoms. The third-order valence-corrected chi connectivity index (χ3v) is 6.49. The van der Waals surface area contributed by atoms with Crippen LogP contribution in [-0.2, 0) is 6.54 Å². The Balaban J connectivity index is 1.38. The molecule has 1 aliphatic rings. The summed E-state index contributed by atoms with van der Waals surface area (Å²) in [5.74, 6) is 1.59. The lowest BCUT2D eigenvalue weighted by atomic mass is 10.1. The second-order valence-electron chi connectivity index (χ2n) is 8.93. The largest absolute Gasteiger partial charge is 0.352 e. The van der Waals surface area contributed by atoms with Gasteiger partial charge in [-0.2, -0.15) is 5.10 Å². The van der Waals surface area contributed by atoms with E-state index in [9.17, 15) is 0 Å². The standard InChI is InChI=1S/C25H28N10/c1-3-26-13-16-12-17(15-27-14-16)18-4-5-20-21(29-18)23(33-32-20)24-30-19-6-7-28-25(22(19)31-24)35-10-8-34(2)9-11-35/h4-7,12,14-15,26H,3,8-11,13H2,1-2H3,(H,30,31)(H,32,33). The molecule has 0 atom stereocenters. The van der Waals surface area contributed by atoms with Crippen molar-refractivity contribution in [1.29, 1.82) is 0 Å². The van der Waals surface area contributed by atoms with Gasteiger partial charge in [-0.05, 0) is 43.4 Å². The zero-order valence-corrected chi connectivity index (χ0v) is 19.9. The average Bonchev–Trinajstić information content (AvgIpc) is 3.51.